The van der Waals surface area contributed by atoms with Gasteiger partial charge in [0.05, 0.1) is 0 Å². The van der Waals surface area contributed by atoms with Crippen molar-refractivity contribution >= 4 is 11.6 Å². The van der Waals surface area contributed by atoms with Gasteiger partial charge in [0.15, 0.2) is 0 Å². The van der Waals surface area contributed by atoms with Crippen LogP contribution in [-0.2, 0) is 9.59 Å². The first kappa shape index (κ1) is 19.4. The van der Waals surface area contributed by atoms with Gasteiger partial charge in [-0.3, -0.25) is 9.59 Å². The summed E-state index contributed by atoms with van der Waals surface area (Å²) in [5.41, 5.74) is 0. The van der Waals surface area contributed by atoms with Gasteiger partial charge in [0.2, 0.25) is 0 Å². The third-order valence-corrected chi connectivity index (χ3v) is 5.21. The van der Waals surface area contributed by atoms with Crippen LogP contribution in [0.25, 0.3) is 0 Å². The number of ketones is 2. The van der Waals surface area contributed by atoms with Crippen molar-refractivity contribution in [3.05, 3.63) is 0 Å². The zero-order valence-electron chi connectivity index (χ0n) is 14.9. The molecule has 0 bridgehead atoms. The molecule has 0 spiro atoms. The van der Waals surface area contributed by atoms with Gasteiger partial charge in [-0.15, -0.1) is 0 Å². The van der Waals surface area contributed by atoms with Gasteiger partial charge < -0.3 is 0 Å². The number of unbranched alkanes of at least 4 members (excludes halogenated alkanes) is 1. The summed E-state index contributed by atoms with van der Waals surface area (Å²) < 4.78 is 0. The van der Waals surface area contributed by atoms with E-state index in [2.05, 4.69) is 6.92 Å². The Morgan fingerprint density at radius 2 is 1.27 bits per heavy atom. The van der Waals surface area contributed by atoms with Crippen molar-refractivity contribution in [3.8, 4) is 0 Å². The highest BCUT2D eigenvalue weighted by atomic mass is 16.1. The molecule has 1 saturated carbocycles. The fourth-order valence-corrected chi connectivity index (χ4v) is 3.93. The predicted molar refractivity (Wildman–Crippen MR) is 93.0 cm³/mol. The molecule has 0 aliphatic heterocycles. The monoisotopic (exact) mass is 308 g/mol. The summed E-state index contributed by atoms with van der Waals surface area (Å²) in [4.78, 5) is 23.5. The summed E-state index contributed by atoms with van der Waals surface area (Å²) in [5.74, 6) is 2.45. The van der Waals surface area contributed by atoms with Crippen molar-refractivity contribution in [3.63, 3.8) is 0 Å². The van der Waals surface area contributed by atoms with Gasteiger partial charge in [-0.25, -0.2) is 0 Å². The minimum Gasteiger partial charge on any atom is -0.300 e. The summed E-state index contributed by atoms with van der Waals surface area (Å²) in [6, 6.07) is 0. The molecule has 0 radical (unpaired) electrons. The summed E-state index contributed by atoms with van der Waals surface area (Å²) in [5, 5.41) is 0. The molecule has 0 N–H and O–H groups in total. The van der Waals surface area contributed by atoms with E-state index in [9.17, 15) is 9.59 Å². The molecule has 2 nitrogen and oxygen atoms in total. The van der Waals surface area contributed by atoms with Crippen molar-refractivity contribution in [2.24, 2.45) is 11.8 Å². The van der Waals surface area contributed by atoms with Crippen LogP contribution in [0.5, 0.6) is 0 Å². The third kappa shape index (κ3) is 8.10. The Bertz CT molecular complexity index is 320. The maximum Gasteiger partial charge on any atom is 0.132 e. The number of rotatable bonds is 12. The van der Waals surface area contributed by atoms with Crippen molar-refractivity contribution in [2.75, 3.05) is 0 Å². The average molecular weight is 309 g/mol. The summed E-state index contributed by atoms with van der Waals surface area (Å²) in [7, 11) is 0. The molecule has 128 valence electrons. The van der Waals surface area contributed by atoms with Gasteiger partial charge in [0.25, 0.3) is 0 Å². The Balaban J connectivity index is 2.12. The van der Waals surface area contributed by atoms with E-state index < -0.39 is 0 Å². The maximum absolute atomic E-state index is 12.0. The SMILES string of the molecule is CCCC(=O)CCCCC(=O)CCC1CCCCC1CCC. The molecule has 0 aromatic carbocycles. The van der Waals surface area contributed by atoms with Crippen LogP contribution >= 0.6 is 0 Å². The summed E-state index contributed by atoms with van der Waals surface area (Å²) in [6.07, 6.45) is 14.8. The van der Waals surface area contributed by atoms with E-state index in [-0.39, 0.29) is 0 Å². The molecule has 1 fully saturated rings. The molecule has 0 aromatic rings. The van der Waals surface area contributed by atoms with E-state index in [0.29, 0.717) is 30.8 Å². The second-order valence-corrected chi connectivity index (χ2v) is 7.17. The van der Waals surface area contributed by atoms with Crippen LogP contribution in [0.1, 0.15) is 104 Å². The van der Waals surface area contributed by atoms with E-state index in [1.807, 2.05) is 6.92 Å². The Morgan fingerprint density at radius 1 is 0.727 bits per heavy atom. The van der Waals surface area contributed by atoms with Crippen LogP contribution in [0.4, 0.5) is 0 Å². The smallest absolute Gasteiger partial charge is 0.132 e. The molecule has 0 heterocycles. The van der Waals surface area contributed by atoms with E-state index in [0.717, 1.165) is 43.9 Å². The lowest BCUT2D eigenvalue weighted by Crippen LogP contribution is -2.20. The quantitative estimate of drug-likeness (QED) is 0.422. The number of hydrogen-bond donors (Lipinski definition) is 0. The van der Waals surface area contributed by atoms with Crippen LogP contribution in [0.15, 0.2) is 0 Å². The van der Waals surface area contributed by atoms with Gasteiger partial charge in [0, 0.05) is 25.7 Å². The fraction of sp³-hybridized carbons (Fsp3) is 0.900. The number of hydrogen-bond acceptors (Lipinski definition) is 2. The molecular formula is C20H36O2. The van der Waals surface area contributed by atoms with E-state index in [4.69, 9.17) is 0 Å². The maximum atomic E-state index is 12.0. The molecule has 1 aliphatic carbocycles. The largest absolute Gasteiger partial charge is 0.300 e. The van der Waals surface area contributed by atoms with Gasteiger partial charge in [0.1, 0.15) is 11.6 Å². The lowest BCUT2D eigenvalue weighted by atomic mass is 9.74. The molecule has 2 heteroatoms. The minimum absolute atomic E-state index is 0.361. The van der Waals surface area contributed by atoms with E-state index in [1.54, 1.807) is 0 Å². The first-order chi connectivity index (χ1) is 10.7. The molecule has 0 saturated heterocycles. The van der Waals surface area contributed by atoms with Crippen LogP contribution < -0.4 is 0 Å². The Kier molecular flexibility index (Phi) is 10.4. The summed E-state index contributed by atoms with van der Waals surface area (Å²) >= 11 is 0. The predicted octanol–water partition coefficient (Wildman–Crippen LogP) is 5.87. The normalized spacial score (nSPS) is 21.7. The van der Waals surface area contributed by atoms with Crippen molar-refractivity contribution in [1.29, 1.82) is 0 Å². The molecule has 22 heavy (non-hydrogen) atoms. The van der Waals surface area contributed by atoms with E-state index >= 15 is 0 Å². The van der Waals surface area contributed by atoms with Crippen LogP contribution in [0.3, 0.4) is 0 Å². The van der Waals surface area contributed by atoms with Gasteiger partial charge in [-0.2, -0.15) is 0 Å². The van der Waals surface area contributed by atoms with Crippen LogP contribution in [0, 0.1) is 11.8 Å². The topological polar surface area (TPSA) is 34.1 Å². The highest BCUT2D eigenvalue weighted by Gasteiger charge is 2.24. The fourth-order valence-electron chi connectivity index (χ4n) is 3.93. The first-order valence-electron chi connectivity index (χ1n) is 9.70. The van der Waals surface area contributed by atoms with Crippen molar-refractivity contribution in [2.45, 2.75) is 104 Å². The standard InChI is InChI=1S/C20H36O2/c1-3-9-17-11-5-6-12-18(17)15-16-20(22)14-8-7-13-19(21)10-4-2/h17-18H,3-16H2,1-2H3. The molecule has 0 amide bonds. The van der Waals surface area contributed by atoms with Gasteiger partial charge in [-0.1, -0.05) is 52.4 Å². The molecule has 2 atom stereocenters. The number of Topliss-reactive ketones (excluding diaryl/α,β-unsaturated/α-hetero) is 2. The Hall–Kier alpha value is -0.660. The number of carbonyl (C=O) groups excluding carboxylic acids is 2. The molecule has 0 aromatic heterocycles. The highest BCUT2D eigenvalue weighted by Crippen LogP contribution is 2.36. The summed E-state index contributed by atoms with van der Waals surface area (Å²) in [6.45, 7) is 4.31. The third-order valence-electron chi connectivity index (χ3n) is 5.21. The lowest BCUT2D eigenvalue weighted by molar-refractivity contribution is -0.121. The van der Waals surface area contributed by atoms with Crippen LogP contribution in [0.2, 0.25) is 0 Å². The molecule has 1 rings (SSSR count). The number of carbonyl (C=O) groups is 2. The zero-order valence-corrected chi connectivity index (χ0v) is 14.9. The zero-order chi connectivity index (χ0) is 16.2. The first-order valence-corrected chi connectivity index (χ1v) is 9.70. The molecular weight excluding hydrogens is 272 g/mol. The molecule has 1 aliphatic rings. The second kappa shape index (κ2) is 11.8. The average Bonchev–Trinajstić information content (AvgIpc) is 2.51. The molecule has 2 unspecified atom stereocenters. The minimum atomic E-state index is 0.361. The van der Waals surface area contributed by atoms with Crippen LogP contribution in [-0.4, -0.2) is 11.6 Å². The van der Waals surface area contributed by atoms with Gasteiger partial charge >= 0.3 is 0 Å². The second-order valence-electron chi connectivity index (χ2n) is 7.17. The van der Waals surface area contributed by atoms with E-state index in [1.165, 1.54) is 38.5 Å². The lowest BCUT2D eigenvalue weighted by Gasteiger charge is -2.31. The van der Waals surface area contributed by atoms with Gasteiger partial charge in [-0.05, 0) is 37.5 Å². The Morgan fingerprint density at radius 3 is 1.82 bits per heavy atom. The van der Waals surface area contributed by atoms with Crippen molar-refractivity contribution < 1.29 is 9.59 Å². The van der Waals surface area contributed by atoms with Crippen molar-refractivity contribution in [1.82, 2.24) is 0 Å². The Labute approximate surface area is 137 Å². The highest BCUT2D eigenvalue weighted by molar-refractivity contribution is 5.79.